The predicted octanol–water partition coefficient (Wildman–Crippen LogP) is 0.0909. The molecule has 0 aromatic heterocycles. The van der Waals surface area contributed by atoms with E-state index in [4.69, 9.17) is 22.6 Å². The fourth-order valence-corrected chi connectivity index (χ4v) is 0.428. The minimum atomic E-state index is -4.67. The van der Waals surface area contributed by atoms with E-state index in [0.717, 1.165) is 0 Å². The molecule has 3 N–H and O–H groups in total. The molecule has 0 bridgehead atoms. The van der Waals surface area contributed by atoms with Crippen molar-refractivity contribution < 1.29 is 22.6 Å². The van der Waals surface area contributed by atoms with Crippen molar-refractivity contribution in [3.05, 3.63) is 30.3 Å². The van der Waals surface area contributed by atoms with Crippen molar-refractivity contribution in [2.24, 2.45) is 0 Å². The van der Waals surface area contributed by atoms with Crippen LogP contribution in [0.4, 0.5) is 0 Å². The fourth-order valence-electron chi connectivity index (χ4n) is 0.428. The zero-order valence-corrected chi connectivity index (χ0v) is 6.77. The molecule has 5 nitrogen and oxygen atoms in total. The molecule has 1 rings (SSSR count). The number of para-hydroxylation sites is 1. The Labute approximate surface area is 98.3 Å². The average Bonchev–Trinajstić information content (AvgIpc) is 1.85. The van der Waals surface area contributed by atoms with Crippen LogP contribution in [-0.2, 0) is 10.4 Å². The topological polar surface area (TPSA) is 94.8 Å². The third-order valence-corrected chi connectivity index (χ3v) is 0.756. The SMILES string of the molecule is O=S(=O)(O)O.Oc1ccccc1.[NaH]. The van der Waals surface area contributed by atoms with Gasteiger partial charge in [-0.1, -0.05) is 18.2 Å². The Morgan fingerprint density at radius 1 is 1.00 bits per heavy atom. The van der Waals surface area contributed by atoms with Crippen LogP contribution < -0.4 is 0 Å². The van der Waals surface area contributed by atoms with Gasteiger partial charge in [0.15, 0.2) is 0 Å². The summed E-state index contributed by atoms with van der Waals surface area (Å²) in [6.07, 6.45) is 0. The first-order valence-electron chi connectivity index (χ1n) is 2.83. The molecule has 7 heteroatoms. The Morgan fingerprint density at radius 2 is 1.31 bits per heavy atom. The predicted molar refractivity (Wildman–Crippen MR) is 49.4 cm³/mol. The van der Waals surface area contributed by atoms with Crippen molar-refractivity contribution in [2.45, 2.75) is 0 Å². The molecule has 70 valence electrons. The minimum absolute atomic E-state index is 0. The summed E-state index contributed by atoms with van der Waals surface area (Å²) >= 11 is 0. The Balaban J connectivity index is 0. The fraction of sp³-hybridized carbons (Fsp3) is 0. The maximum atomic E-state index is 8.74. The summed E-state index contributed by atoms with van der Waals surface area (Å²) in [6.45, 7) is 0. The number of hydrogen-bond donors (Lipinski definition) is 3. The van der Waals surface area contributed by atoms with E-state index in [9.17, 15) is 0 Å². The Morgan fingerprint density at radius 3 is 1.46 bits per heavy atom. The molecular weight excluding hydrogens is 207 g/mol. The molecule has 0 atom stereocenters. The molecule has 1 aromatic rings. The van der Waals surface area contributed by atoms with Gasteiger partial charge in [0.05, 0.1) is 0 Å². The summed E-state index contributed by atoms with van der Waals surface area (Å²) in [6, 6.07) is 8.71. The molecule has 1 aromatic carbocycles. The average molecular weight is 216 g/mol. The molecule has 0 saturated carbocycles. The van der Waals surface area contributed by atoms with Crippen molar-refractivity contribution in [3.63, 3.8) is 0 Å². The first kappa shape index (κ1) is 15.4. The van der Waals surface area contributed by atoms with E-state index in [1.165, 1.54) is 0 Å². The van der Waals surface area contributed by atoms with Gasteiger partial charge in [0.2, 0.25) is 0 Å². The van der Waals surface area contributed by atoms with Gasteiger partial charge in [-0.2, -0.15) is 8.42 Å². The molecular formula is C6H9NaO5S. The molecule has 0 fully saturated rings. The van der Waals surface area contributed by atoms with Crippen molar-refractivity contribution in [3.8, 4) is 5.75 Å². The van der Waals surface area contributed by atoms with Crippen LogP contribution in [0.1, 0.15) is 0 Å². The van der Waals surface area contributed by atoms with Gasteiger partial charge in [0.25, 0.3) is 0 Å². The second-order valence-corrected chi connectivity index (χ2v) is 2.68. The standard InChI is InChI=1S/C6H6O.Na.H2O4S.H/c7-6-4-2-1-3-5-6;;1-5(2,3)4;/h1-5,7H;;(H2,1,2,3,4);. The van der Waals surface area contributed by atoms with Gasteiger partial charge in [-0.15, -0.1) is 0 Å². The van der Waals surface area contributed by atoms with Gasteiger partial charge in [-0.3, -0.25) is 9.11 Å². The van der Waals surface area contributed by atoms with E-state index in [0.29, 0.717) is 5.75 Å². The van der Waals surface area contributed by atoms with Crippen LogP contribution in [0.25, 0.3) is 0 Å². The van der Waals surface area contributed by atoms with Gasteiger partial charge >= 0.3 is 40.0 Å². The first-order valence-corrected chi connectivity index (χ1v) is 4.23. The van der Waals surface area contributed by atoms with Gasteiger partial charge < -0.3 is 5.11 Å². The Bertz CT molecular complexity index is 301. The van der Waals surface area contributed by atoms with E-state index in [1.807, 2.05) is 6.07 Å². The van der Waals surface area contributed by atoms with E-state index in [1.54, 1.807) is 24.3 Å². The second-order valence-electron chi connectivity index (χ2n) is 1.78. The monoisotopic (exact) mass is 216 g/mol. The van der Waals surface area contributed by atoms with Crippen molar-refractivity contribution in [2.75, 3.05) is 0 Å². The van der Waals surface area contributed by atoms with Crippen LogP contribution >= 0.6 is 0 Å². The summed E-state index contributed by atoms with van der Waals surface area (Å²) in [4.78, 5) is 0. The number of benzene rings is 1. The zero-order valence-electron chi connectivity index (χ0n) is 5.95. The molecule has 0 aliphatic heterocycles. The summed E-state index contributed by atoms with van der Waals surface area (Å²) in [5.74, 6) is 0.322. The Hall–Kier alpha value is -0.110. The molecule has 0 amide bonds. The normalized spacial score (nSPS) is 9.08. The van der Waals surface area contributed by atoms with E-state index in [-0.39, 0.29) is 29.6 Å². The van der Waals surface area contributed by atoms with Crippen LogP contribution in [0.5, 0.6) is 5.75 Å². The van der Waals surface area contributed by atoms with Crippen molar-refractivity contribution in [1.82, 2.24) is 0 Å². The number of phenols is 1. The summed E-state index contributed by atoms with van der Waals surface area (Å²) in [5, 5.41) is 8.63. The van der Waals surface area contributed by atoms with Crippen molar-refractivity contribution >= 4 is 40.0 Å². The van der Waals surface area contributed by atoms with Crippen LogP contribution in [0, 0.1) is 0 Å². The summed E-state index contributed by atoms with van der Waals surface area (Å²) in [5.41, 5.74) is 0. The number of rotatable bonds is 0. The van der Waals surface area contributed by atoms with E-state index in [2.05, 4.69) is 0 Å². The molecule has 13 heavy (non-hydrogen) atoms. The molecule has 0 saturated heterocycles. The molecule has 0 spiro atoms. The van der Waals surface area contributed by atoms with E-state index < -0.39 is 10.4 Å². The third kappa shape index (κ3) is 18.7. The molecule has 0 aliphatic rings. The van der Waals surface area contributed by atoms with Crippen LogP contribution in [0.3, 0.4) is 0 Å². The zero-order chi connectivity index (χ0) is 9.61. The van der Waals surface area contributed by atoms with Gasteiger partial charge in [0.1, 0.15) is 5.75 Å². The number of phenolic OH excluding ortho intramolecular Hbond substituents is 1. The number of aromatic hydroxyl groups is 1. The quantitative estimate of drug-likeness (QED) is 0.422. The summed E-state index contributed by atoms with van der Waals surface area (Å²) in [7, 11) is -4.67. The maximum absolute atomic E-state index is 8.74. The molecule has 0 radical (unpaired) electrons. The summed E-state index contributed by atoms with van der Waals surface area (Å²) < 4.78 is 31.6. The van der Waals surface area contributed by atoms with Crippen LogP contribution in [0.15, 0.2) is 30.3 Å². The first-order chi connectivity index (χ1) is 5.39. The molecule has 0 aliphatic carbocycles. The number of hydrogen-bond acceptors (Lipinski definition) is 3. The Kier molecular flexibility index (Phi) is 8.64. The van der Waals surface area contributed by atoms with Crippen LogP contribution in [-0.4, -0.2) is 52.2 Å². The molecule has 0 heterocycles. The third-order valence-electron chi connectivity index (χ3n) is 0.756. The van der Waals surface area contributed by atoms with E-state index >= 15 is 0 Å². The van der Waals surface area contributed by atoms with Crippen molar-refractivity contribution in [1.29, 1.82) is 0 Å². The van der Waals surface area contributed by atoms with Gasteiger partial charge in [-0.25, -0.2) is 0 Å². The molecule has 0 unspecified atom stereocenters. The van der Waals surface area contributed by atoms with Crippen LogP contribution in [0.2, 0.25) is 0 Å². The van der Waals surface area contributed by atoms with Gasteiger partial charge in [0, 0.05) is 0 Å². The van der Waals surface area contributed by atoms with Gasteiger partial charge in [-0.05, 0) is 12.1 Å². The second kappa shape index (κ2) is 7.31.